The van der Waals surface area contributed by atoms with Crippen LogP contribution in [-0.2, 0) is 25.9 Å². The molecule has 0 fully saturated rings. The Hall–Kier alpha value is -2.99. The number of halogens is 1. The lowest BCUT2D eigenvalue weighted by atomic mass is 9.77. The molecular weight excluding hydrogens is 444 g/mol. The number of nitrogens with zero attached hydrogens (tertiary/aromatic N) is 1. The fraction of sp³-hybridized carbons (Fsp3) is 0.280. The molecule has 0 aliphatic rings. The van der Waals surface area contributed by atoms with Gasteiger partial charge in [0, 0.05) is 11.8 Å². The van der Waals surface area contributed by atoms with Gasteiger partial charge in [0.25, 0.3) is 0 Å². The molecular formula is C25H26FNO5P+. The van der Waals surface area contributed by atoms with Crippen molar-refractivity contribution in [3.8, 4) is 0 Å². The second kappa shape index (κ2) is 9.87. The van der Waals surface area contributed by atoms with Crippen LogP contribution in [0.1, 0.15) is 25.1 Å². The molecule has 172 valence electrons. The number of carbonyl (C=O) groups is 1. The summed E-state index contributed by atoms with van der Waals surface area (Å²) < 4.78 is 31.8. The Labute approximate surface area is 192 Å². The normalized spacial score (nSPS) is 16.0. The van der Waals surface area contributed by atoms with Crippen LogP contribution in [0.4, 0.5) is 4.39 Å². The van der Waals surface area contributed by atoms with Crippen molar-refractivity contribution in [2.75, 3.05) is 7.11 Å². The minimum Gasteiger partial charge on any atom is -0.477 e. The summed E-state index contributed by atoms with van der Waals surface area (Å²) in [6, 6.07) is 15.7. The number of allylic oxidation sites excluding steroid dienone is 1. The molecule has 0 spiro atoms. The molecule has 0 amide bonds. The SMILES string of the molecule is CO[P+](=O)C(C=CC(C)C)(C(=O)O)C(O)(Cc1ccc(F)cc1)c1ccc2ccccc2n1. The Balaban J connectivity index is 2.35. The first kappa shape index (κ1) is 24.6. The smallest absolute Gasteiger partial charge is 0.477 e. The van der Waals surface area contributed by atoms with Crippen LogP contribution < -0.4 is 0 Å². The van der Waals surface area contributed by atoms with E-state index in [4.69, 9.17) is 4.52 Å². The number of rotatable bonds is 9. The van der Waals surface area contributed by atoms with Gasteiger partial charge in [-0.15, -0.1) is 4.52 Å². The maximum absolute atomic E-state index is 13.5. The van der Waals surface area contributed by atoms with Crippen molar-refractivity contribution in [3.63, 3.8) is 0 Å². The largest absolute Gasteiger partial charge is 0.534 e. The molecule has 3 rings (SSSR count). The first-order chi connectivity index (χ1) is 15.6. The third-order valence-corrected chi connectivity index (χ3v) is 7.15. The van der Waals surface area contributed by atoms with Crippen LogP contribution in [0, 0.1) is 11.7 Å². The molecule has 0 aliphatic carbocycles. The van der Waals surface area contributed by atoms with Gasteiger partial charge in [0.05, 0.1) is 18.3 Å². The highest BCUT2D eigenvalue weighted by Gasteiger charge is 2.71. The van der Waals surface area contributed by atoms with Crippen LogP contribution >= 0.6 is 8.03 Å². The number of hydrogen-bond donors (Lipinski definition) is 2. The number of benzene rings is 2. The molecule has 2 aromatic carbocycles. The number of pyridine rings is 1. The van der Waals surface area contributed by atoms with Crippen LogP contribution in [0.25, 0.3) is 10.9 Å². The lowest BCUT2D eigenvalue weighted by molar-refractivity contribution is -0.147. The standard InChI is InChI=1S/C25H25FNO5P/c1-17(2)14-15-25(23(28)29,33(31)32-3)24(30,16-18-8-11-20(26)12-9-18)22-13-10-19-6-4-5-7-21(19)27-22/h4-15,17,30H,16H2,1-3H3/p+1. The number of hydrogen-bond acceptors (Lipinski definition) is 5. The minimum absolute atomic E-state index is 0.0155. The zero-order valence-electron chi connectivity index (χ0n) is 18.6. The number of para-hydroxylation sites is 1. The molecule has 3 unspecified atom stereocenters. The van der Waals surface area contributed by atoms with Gasteiger partial charge in [-0.1, -0.05) is 56.3 Å². The van der Waals surface area contributed by atoms with E-state index in [0.29, 0.717) is 11.1 Å². The van der Waals surface area contributed by atoms with E-state index in [0.717, 1.165) is 12.5 Å². The quantitative estimate of drug-likeness (QED) is 0.328. The fourth-order valence-electron chi connectivity index (χ4n) is 3.77. The second-order valence-electron chi connectivity index (χ2n) is 8.17. The summed E-state index contributed by atoms with van der Waals surface area (Å²) in [7, 11) is -1.82. The number of carboxylic acids is 1. The molecule has 3 aromatic rings. The molecule has 33 heavy (non-hydrogen) atoms. The average Bonchev–Trinajstić information content (AvgIpc) is 2.80. The molecule has 3 atom stereocenters. The molecule has 0 radical (unpaired) electrons. The average molecular weight is 470 g/mol. The van der Waals surface area contributed by atoms with Crippen LogP contribution in [0.5, 0.6) is 0 Å². The third-order valence-electron chi connectivity index (χ3n) is 5.53. The predicted molar refractivity (Wildman–Crippen MR) is 125 cm³/mol. The Morgan fingerprint density at radius 3 is 2.42 bits per heavy atom. The molecule has 6 nitrogen and oxygen atoms in total. The van der Waals surface area contributed by atoms with Crippen LogP contribution in [0.15, 0.2) is 72.8 Å². The first-order valence-electron chi connectivity index (χ1n) is 10.4. The topological polar surface area (TPSA) is 96.7 Å². The van der Waals surface area contributed by atoms with Gasteiger partial charge < -0.3 is 10.2 Å². The number of aliphatic hydroxyl groups is 1. The summed E-state index contributed by atoms with van der Waals surface area (Å²) in [5, 5.41) is 21.0. The van der Waals surface area contributed by atoms with Gasteiger partial charge in [0.15, 0.2) is 5.60 Å². The van der Waals surface area contributed by atoms with Crippen molar-refractivity contribution in [2.24, 2.45) is 5.92 Å². The van der Waals surface area contributed by atoms with Gasteiger partial charge in [-0.3, -0.25) is 0 Å². The van der Waals surface area contributed by atoms with Gasteiger partial charge >= 0.3 is 19.2 Å². The van der Waals surface area contributed by atoms with E-state index in [-0.39, 0.29) is 18.0 Å². The van der Waals surface area contributed by atoms with Crippen molar-refractivity contribution in [2.45, 2.75) is 31.0 Å². The van der Waals surface area contributed by atoms with Gasteiger partial charge in [-0.05, 0) is 46.4 Å². The van der Waals surface area contributed by atoms with Crippen molar-refractivity contribution < 1.29 is 28.5 Å². The number of carboxylic acid groups (broad SMARTS) is 1. The van der Waals surface area contributed by atoms with Crippen LogP contribution in [0.3, 0.4) is 0 Å². The molecule has 0 bridgehead atoms. The van der Waals surface area contributed by atoms with Crippen LogP contribution in [0.2, 0.25) is 0 Å². The van der Waals surface area contributed by atoms with E-state index < -0.39 is 30.6 Å². The summed E-state index contributed by atoms with van der Waals surface area (Å²) in [4.78, 5) is 17.3. The second-order valence-corrected chi connectivity index (χ2v) is 9.75. The maximum Gasteiger partial charge on any atom is 0.534 e. The van der Waals surface area contributed by atoms with E-state index >= 15 is 0 Å². The van der Waals surface area contributed by atoms with E-state index in [1.165, 1.54) is 36.4 Å². The number of aliphatic carboxylic acids is 1. The molecule has 0 saturated heterocycles. The molecule has 2 N–H and O–H groups in total. The van der Waals surface area contributed by atoms with E-state index in [2.05, 4.69) is 4.98 Å². The number of aromatic nitrogens is 1. The summed E-state index contributed by atoms with van der Waals surface area (Å²) >= 11 is 0. The van der Waals surface area contributed by atoms with E-state index in [9.17, 15) is 24.0 Å². The van der Waals surface area contributed by atoms with Gasteiger partial charge in [0.2, 0.25) is 0 Å². The monoisotopic (exact) mass is 470 g/mol. The molecule has 8 heteroatoms. The highest BCUT2D eigenvalue weighted by Crippen LogP contribution is 2.54. The maximum atomic E-state index is 13.5. The third kappa shape index (κ3) is 4.71. The molecule has 1 aromatic heterocycles. The lowest BCUT2D eigenvalue weighted by Crippen LogP contribution is -2.55. The van der Waals surface area contributed by atoms with E-state index in [1.807, 2.05) is 26.0 Å². The summed E-state index contributed by atoms with van der Waals surface area (Å²) in [6.07, 6.45) is 2.51. The molecule has 0 aliphatic heterocycles. The zero-order chi connectivity index (χ0) is 24.2. The fourth-order valence-corrected chi connectivity index (χ4v) is 4.91. The van der Waals surface area contributed by atoms with Crippen molar-refractivity contribution in [1.82, 2.24) is 4.98 Å². The molecule has 0 saturated carbocycles. The minimum atomic E-state index is -2.95. The summed E-state index contributed by atoms with van der Waals surface area (Å²) in [5.74, 6) is -2.09. The summed E-state index contributed by atoms with van der Waals surface area (Å²) in [5.41, 5.74) is -1.30. The van der Waals surface area contributed by atoms with E-state index in [1.54, 1.807) is 24.3 Å². The Morgan fingerprint density at radius 2 is 1.82 bits per heavy atom. The van der Waals surface area contributed by atoms with Crippen molar-refractivity contribution >= 4 is 24.9 Å². The van der Waals surface area contributed by atoms with Gasteiger partial charge in [-0.2, -0.15) is 0 Å². The first-order valence-corrected chi connectivity index (χ1v) is 11.6. The molecule has 1 heterocycles. The highest BCUT2D eigenvalue weighted by atomic mass is 31.1. The van der Waals surface area contributed by atoms with Gasteiger partial charge in [0.1, 0.15) is 5.82 Å². The summed E-state index contributed by atoms with van der Waals surface area (Å²) in [6.45, 7) is 3.66. The Kier molecular flexibility index (Phi) is 7.38. The highest BCUT2D eigenvalue weighted by molar-refractivity contribution is 7.43. The van der Waals surface area contributed by atoms with Crippen LogP contribution in [-0.4, -0.2) is 33.4 Å². The van der Waals surface area contributed by atoms with Crippen molar-refractivity contribution in [1.29, 1.82) is 0 Å². The Morgan fingerprint density at radius 1 is 1.15 bits per heavy atom. The lowest BCUT2D eigenvalue weighted by Gasteiger charge is -2.34. The van der Waals surface area contributed by atoms with Gasteiger partial charge in [-0.25, -0.2) is 14.2 Å². The Bertz CT molecular complexity index is 1200. The van der Waals surface area contributed by atoms with Crippen molar-refractivity contribution in [3.05, 3.63) is 89.9 Å². The number of fused-ring (bicyclic) bond motifs is 1. The predicted octanol–water partition coefficient (Wildman–Crippen LogP) is 5.23. The zero-order valence-corrected chi connectivity index (χ0v) is 19.5.